The monoisotopic (exact) mass is 254 g/mol. The van der Waals surface area contributed by atoms with Crippen LogP contribution in [-0.4, -0.2) is 17.7 Å². The summed E-state index contributed by atoms with van der Waals surface area (Å²) in [6.45, 7) is -0.00297. The molecule has 0 aliphatic rings. The van der Waals surface area contributed by atoms with Crippen molar-refractivity contribution in [2.45, 2.75) is 18.5 Å². The second-order valence-electron chi connectivity index (χ2n) is 4.13. The molecule has 1 aromatic carbocycles. The summed E-state index contributed by atoms with van der Waals surface area (Å²) >= 11 is 0. The van der Waals surface area contributed by atoms with Crippen molar-refractivity contribution >= 4 is 10.9 Å². The molecule has 0 saturated heterocycles. The van der Waals surface area contributed by atoms with Crippen LogP contribution in [0.25, 0.3) is 10.9 Å². The number of rotatable bonds is 3. The maximum Gasteiger partial charge on any atom is 0.395 e. The highest BCUT2D eigenvalue weighted by Gasteiger charge is 2.40. The van der Waals surface area contributed by atoms with Crippen molar-refractivity contribution in [3.63, 3.8) is 0 Å². The van der Waals surface area contributed by atoms with Gasteiger partial charge in [-0.25, -0.2) is 0 Å². The van der Waals surface area contributed by atoms with Crippen LogP contribution >= 0.6 is 0 Å². The second kappa shape index (κ2) is 4.94. The standard InChI is InChI=1S/C13H13F3N2/c14-13(15,16)11(5-6-17)10-7-9-3-1-2-4-12(9)18-8-10/h1-4,7-8,11H,5-6,17H2. The average molecular weight is 254 g/mol. The van der Waals surface area contributed by atoms with Crippen LogP contribution in [0.5, 0.6) is 0 Å². The van der Waals surface area contributed by atoms with Crippen molar-refractivity contribution in [2.75, 3.05) is 6.54 Å². The third-order valence-electron chi connectivity index (χ3n) is 2.86. The largest absolute Gasteiger partial charge is 0.395 e. The summed E-state index contributed by atoms with van der Waals surface area (Å²) < 4.78 is 38.7. The quantitative estimate of drug-likeness (QED) is 0.913. The molecule has 0 fully saturated rings. The lowest BCUT2D eigenvalue weighted by molar-refractivity contribution is -0.151. The summed E-state index contributed by atoms with van der Waals surface area (Å²) in [4.78, 5) is 4.06. The van der Waals surface area contributed by atoms with Gasteiger partial charge in [0.25, 0.3) is 0 Å². The number of hydrogen-bond acceptors (Lipinski definition) is 2. The van der Waals surface area contributed by atoms with E-state index in [1.54, 1.807) is 24.3 Å². The number of aromatic nitrogens is 1. The SMILES string of the molecule is NCCC(c1cnc2ccccc2c1)C(F)(F)F. The molecule has 5 heteroatoms. The number of alkyl halides is 3. The van der Waals surface area contributed by atoms with E-state index in [1.807, 2.05) is 0 Å². The molecule has 0 bridgehead atoms. The molecule has 1 heterocycles. The summed E-state index contributed by atoms with van der Waals surface area (Å²) in [7, 11) is 0. The zero-order chi connectivity index (χ0) is 13.2. The molecule has 1 aromatic heterocycles. The first-order valence-electron chi connectivity index (χ1n) is 5.64. The molecule has 0 amide bonds. The molecule has 2 nitrogen and oxygen atoms in total. The van der Waals surface area contributed by atoms with Crippen molar-refractivity contribution < 1.29 is 13.2 Å². The number of pyridine rings is 1. The molecule has 2 rings (SSSR count). The van der Waals surface area contributed by atoms with Crippen molar-refractivity contribution in [3.8, 4) is 0 Å². The molecule has 18 heavy (non-hydrogen) atoms. The second-order valence-corrected chi connectivity index (χ2v) is 4.13. The zero-order valence-electron chi connectivity index (χ0n) is 9.61. The van der Waals surface area contributed by atoms with Crippen molar-refractivity contribution in [2.24, 2.45) is 5.73 Å². The fraction of sp³-hybridized carbons (Fsp3) is 0.308. The van der Waals surface area contributed by atoms with Crippen molar-refractivity contribution in [1.29, 1.82) is 0 Å². The van der Waals surface area contributed by atoms with E-state index in [0.717, 1.165) is 0 Å². The predicted octanol–water partition coefficient (Wildman–Crippen LogP) is 3.23. The normalized spacial score (nSPS) is 13.8. The molecule has 0 spiro atoms. The van der Waals surface area contributed by atoms with Crippen molar-refractivity contribution in [3.05, 3.63) is 42.1 Å². The number of halogens is 3. The molecular weight excluding hydrogens is 241 g/mol. The van der Waals surface area contributed by atoms with Gasteiger partial charge in [0.05, 0.1) is 11.4 Å². The first-order valence-corrected chi connectivity index (χ1v) is 5.64. The maximum atomic E-state index is 12.9. The van der Waals surface area contributed by atoms with Crippen LogP contribution in [0.2, 0.25) is 0 Å². The van der Waals surface area contributed by atoms with Gasteiger partial charge in [0.1, 0.15) is 0 Å². The van der Waals surface area contributed by atoms with Crippen LogP contribution < -0.4 is 5.73 Å². The number of fused-ring (bicyclic) bond motifs is 1. The topological polar surface area (TPSA) is 38.9 Å². The van der Waals surface area contributed by atoms with Gasteiger partial charge in [-0.05, 0) is 30.7 Å². The van der Waals surface area contributed by atoms with E-state index in [4.69, 9.17) is 5.73 Å². The lowest BCUT2D eigenvalue weighted by Gasteiger charge is -2.20. The number of hydrogen-bond donors (Lipinski definition) is 1. The third-order valence-corrected chi connectivity index (χ3v) is 2.86. The molecule has 1 atom stereocenters. The predicted molar refractivity (Wildman–Crippen MR) is 64.2 cm³/mol. The summed E-state index contributed by atoms with van der Waals surface area (Å²) in [6, 6.07) is 8.64. The molecule has 96 valence electrons. The van der Waals surface area contributed by atoms with Gasteiger partial charge >= 0.3 is 6.18 Å². The van der Waals surface area contributed by atoms with E-state index in [1.165, 1.54) is 12.3 Å². The van der Waals surface area contributed by atoms with Gasteiger partial charge in [-0.15, -0.1) is 0 Å². The number of para-hydroxylation sites is 1. The first-order chi connectivity index (χ1) is 8.52. The van der Waals surface area contributed by atoms with Crippen LogP contribution in [0.3, 0.4) is 0 Å². The Bertz CT molecular complexity index is 537. The van der Waals surface area contributed by atoms with E-state index in [2.05, 4.69) is 4.98 Å². The van der Waals surface area contributed by atoms with Gasteiger partial charge in [-0.3, -0.25) is 4.98 Å². The Kier molecular flexibility index (Phi) is 3.52. The Morgan fingerprint density at radius 1 is 1.22 bits per heavy atom. The first kappa shape index (κ1) is 12.8. The van der Waals surface area contributed by atoms with Gasteiger partial charge in [0.2, 0.25) is 0 Å². The summed E-state index contributed by atoms with van der Waals surface area (Å²) in [5, 5.41) is 0.710. The Labute approximate surface area is 103 Å². The van der Waals surface area contributed by atoms with E-state index in [-0.39, 0.29) is 18.5 Å². The Balaban J connectivity index is 2.44. The van der Waals surface area contributed by atoms with Crippen LogP contribution in [-0.2, 0) is 0 Å². The Morgan fingerprint density at radius 2 is 1.94 bits per heavy atom. The molecule has 1 unspecified atom stereocenters. The molecule has 0 radical (unpaired) electrons. The highest BCUT2D eigenvalue weighted by Crippen LogP contribution is 2.37. The van der Waals surface area contributed by atoms with Gasteiger partial charge in [-0.2, -0.15) is 13.2 Å². The molecule has 2 aromatic rings. The smallest absolute Gasteiger partial charge is 0.330 e. The molecule has 0 aliphatic heterocycles. The highest BCUT2D eigenvalue weighted by molar-refractivity contribution is 5.78. The minimum atomic E-state index is -4.29. The van der Waals surface area contributed by atoms with Gasteiger partial charge < -0.3 is 5.73 Å². The van der Waals surface area contributed by atoms with E-state index in [9.17, 15) is 13.2 Å². The Morgan fingerprint density at radius 3 is 2.61 bits per heavy atom. The summed E-state index contributed by atoms with van der Waals surface area (Å²) in [5.41, 5.74) is 6.12. The van der Waals surface area contributed by atoms with Crippen LogP contribution in [0, 0.1) is 0 Å². The lowest BCUT2D eigenvalue weighted by atomic mass is 9.95. The van der Waals surface area contributed by atoms with Crippen LogP contribution in [0.4, 0.5) is 13.2 Å². The molecular formula is C13H13F3N2. The lowest BCUT2D eigenvalue weighted by Crippen LogP contribution is -2.23. The average Bonchev–Trinajstić information content (AvgIpc) is 2.34. The van der Waals surface area contributed by atoms with E-state index < -0.39 is 12.1 Å². The van der Waals surface area contributed by atoms with E-state index in [0.29, 0.717) is 10.9 Å². The fourth-order valence-electron chi connectivity index (χ4n) is 1.96. The molecule has 0 aliphatic carbocycles. The number of nitrogens with two attached hydrogens (primary N) is 1. The van der Waals surface area contributed by atoms with Gasteiger partial charge in [0, 0.05) is 11.6 Å². The van der Waals surface area contributed by atoms with Crippen LogP contribution in [0.15, 0.2) is 36.5 Å². The van der Waals surface area contributed by atoms with E-state index >= 15 is 0 Å². The molecule has 2 N–H and O–H groups in total. The number of nitrogens with zero attached hydrogens (tertiary/aromatic N) is 1. The minimum Gasteiger partial charge on any atom is -0.330 e. The van der Waals surface area contributed by atoms with Gasteiger partial charge in [-0.1, -0.05) is 18.2 Å². The fourth-order valence-corrected chi connectivity index (χ4v) is 1.96. The van der Waals surface area contributed by atoms with Crippen molar-refractivity contribution in [1.82, 2.24) is 4.98 Å². The highest BCUT2D eigenvalue weighted by atomic mass is 19.4. The summed E-state index contributed by atoms with van der Waals surface area (Å²) in [5.74, 6) is -1.54. The zero-order valence-corrected chi connectivity index (χ0v) is 9.61. The van der Waals surface area contributed by atoms with Gasteiger partial charge in [0.15, 0.2) is 0 Å². The Hall–Kier alpha value is -1.62. The minimum absolute atomic E-state index is 0.00297. The molecule has 0 saturated carbocycles. The third kappa shape index (κ3) is 2.61. The number of benzene rings is 1. The summed E-state index contributed by atoms with van der Waals surface area (Å²) in [6.07, 6.45) is -3.12. The maximum absolute atomic E-state index is 12.9. The van der Waals surface area contributed by atoms with Crippen LogP contribution in [0.1, 0.15) is 17.9 Å².